The summed E-state index contributed by atoms with van der Waals surface area (Å²) >= 11 is 0. The SMILES string of the molecule is C=C(COC)C(=O)Oc1ccc(-c2ccc(OC(=O)C(=C)COC)c(C3CCC(OC(=O)C(=C)COC)CC3)c2)cc1. The van der Waals surface area contributed by atoms with Crippen LogP contribution in [-0.2, 0) is 33.3 Å². The van der Waals surface area contributed by atoms with Crippen molar-refractivity contribution in [3.8, 4) is 22.6 Å². The Morgan fingerprint density at radius 1 is 0.667 bits per heavy atom. The summed E-state index contributed by atoms with van der Waals surface area (Å²) in [6.07, 6.45) is 2.52. The molecule has 2 aromatic carbocycles. The lowest BCUT2D eigenvalue weighted by Crippen LogP contribution is -2.25. The lowest BCUT2D eigenvalue weighted by atomic mass is 9.81. The number of carbonyl (C=O) groups is 3. The molecule has 1 fully saturated rings. The summed E-state index contributed by atoms with van der Waals surface area (Å²) in [4.78, 5) is 37.1. The number of ether oxygens (including phenoxy) is 6. The summed E-state index contributed by atoms with van der Waals surface area (Å²) in [5.74, 6) is -0.691. The van der Waals surface area contributed by atoms with Gasteiger partial charge in [0.25, 0.3) is 0 Å². The molecule has 0 unspecified atom stereocenters. The van der Waals surface area contributed by atoms with Crippen molar-refractivity contribution in [3.63, 3.8) is 0 Å². The van der Waals surface area contributed by atoms with E-state index in [0.29, 0.717) is 24.3 Å². The van der Waals surface area contributed by atoms with Crippen molar-refractivity contribution in [2.24, 2.45) is 0 Å². The summed E-state index contributed by atoms with van der Waals surface area (Å²) < 4.78 is 31.7. The van der Waals surface area contributed by atoms with E-state index in [1.54, 1.807) is 18.2 Å². The summed E-state index contributed by atoms with van der Waals surface area (Å²) in [7, 11) is 4.46. The third kappa shape index (κ3) is 8.97. The van der Waals surface area contributed by atoms with E-state index in [4.69, 9.17) is 28.4 Å². The van der Waals surface area contributed by atoms with Gasteiger partial charge in [0.15, 0.2) is 0 Å². The average Bonchev–Trinajstić information content (AvgIpc) is 2.98. The van der Waals surface area contributed by atoms with Crippen LogP contribution in [0.15, 0.2) is 78.9 Å². The number of hydrogen-bond donors (Lipinski definition) is 0. The lowest BCUT2D eigenvalue weighted by Gasteiger charge is -2.30. The Morgan fingerprint density at radius 2 is 1.17 bits per heavy atom. The molecule has 0 aliphatic heterocycles. The summed E-state index contributed by atoms with van der Waals surface area (Å²) in [5.41, 5.74) is 3.34. The number of esters is 3. The van der Waals surface area contributed by atoms with Crippen LogP contribution in [0.2, 0.25) is 0 Å². The monoisotopic (exact) mass is 578 g/mol. The number of rotatable bonds is 14. The zero-order chi connectivity index (χ0) is 30.6. The van der Waals surface area contributed by atoms with Crippen LogP contribution in [0, 0.1) is 0 Å². The molecular weight excluding hydrogens is 540 g/mol. The predicted octanol–water partition coefficient (Wildman–Crippen LogP) is 5.34. The molecule has 2 aromatic rings. The molecule has 1 aliphatic rings. The van der Waals surface area contributed by atoms with Crippen LogP contribution in [0.3, 0.4) is 0 Å². The molecule has 1 aliphatic carbocycles. The Balaban J connectivity index is 1.80. The zero-order valence-corrected chi connectivity index (χ0v) is 24.4. The third-order valence-corrected chi connectivity index (χ3v) is 6.82. The van der Waals surface area contributed by atoms with Gasteiger partial charge >= 0.3 is 17.9 Å². The van der Waals surface area contributed by atoms with Crippen molar-refractivity contribution in [1.82, 2.24) is 0 Å². The van der Waals surface area contributed by atoms with Crippen molar-refractivity contribution in [1.29, 1.82) is 0 Å². The maximum Gasteiger partial charge on any atom is 0.341 e. The van der Waals surface area contributed by atoms with E-state index in [1.165, 1.54) is 21.3 Å². The van der Waals surface area contributed by atoms with Crippen molar-refractivity contribution in [2.45, 2.75) is 37.7 Å². The fourth-order valence-electron chi connectivity index (χ4n) is 4.63. The van der Waals surface area contributed by atoms with E-state index in [-0.39, 0.29) is 48.6 Å². The molecule has 3 rings (SSSR count). The van der Waals surface area contributed by atoms with Gasteiger partial charge in [0, 0.05) is 21.3 Å². The Hall–Kier alpha value is -4.05. The molecule has 224 valence electrons. The van der Waals surface area contributed by atoms with Crippen LogP contribution in [0.25, 0.3) is 11.1 Å². The highest BCUT2D eigenvalue weighted by Crippen LogP contribution is 2.41. The first-order chi connectivity index (χ1) is 20.2. The molecule has 0 saturated heterocycles. The van der Waals surface area contributed by atoms with Gasteiger partial charge in [0.05, 0.1) is 36.5 Å². The quantitative estimate of drug-likeness (QED) is 0.167. The zero-order valence-electron chi connectivity index (χ0n) is 24.4. The van der Waals surface area contributed by atoms with Gasteiger partial charge in [-0.25, -0.2) is 14.4 Å². The first-order valence-corrected chi connectivity index (χ1v) is 13.6. The molecule has 9 nitrogen and oxygen atoms in total. The lowest BCUT2D eigenvalue weighted by molar-refractivity contribution is -0.146. The van der Waals surface area contributed by atoms with Gasteiger partial charge in [-0.3, -0.25) is 0 Å². The van der Waals surface area contributed by atoms with Crippen LogP contribution in [0.4, 0.5) is 0 Å². The van der Waals surface area contributed by atoms with Crippen LogP contribution in [0.1, 0.15) is 37.2 Å². The molecule has 1 saturated carbocycles. The van der Waals surface area contributed by atoms with E-state index >= 15 is 0 Å². The van der Waals surface area contributed by atoms with Crippen LogP contribution in [0.5, 0.6) is 11.5 Å². The van der Waals surface area contributed by atoms with Gasteiger partial charge in [-0.1, -0.05) is 37.9 Å². The first-order valence-electron chi connectivity index (χ1n) is 13.6. The Kier molecular flexibility index (Phi) is 12.2. The van der Waals surface area contributed by atoms with Gasteiger partial charge in [-0.2, -0.15) is 0 Å². The molecular formula is C33H38O9. The summed E-state index contributed by atoms with van der Waals surface area (Å²) in [5, 5.41) is 0. The average molecular weight is 579 g/mol. The van der Waals surface area contributed by atoms with Crippen LogP contribution < -0.4 is 9.47 Å². The fraction of sp³-hybridized carbons (Fsp3) is 0.364. The predicted molar refractivity (Wildman–Crippen MR) is 157 cm³/mol. The highest BCUT2D eigenvalue weighted by Gasteiger charge is 2.28. The number of carbonyl (C=O) groups excluding carboxylic acids is 3. The highest BCUT2D eigenvalue weighted by molar-refractivity contribution is 5.90. The minimum Gasteiger partial charge on any atom is -0.459 e. The van der Waals surface area contributed by atoms with Crippen molar-refractivity contribution >= 4 is 17.9 Å². The number of methoxy groups -OCH3 is 3. The van der Waals surface area contributed by atoms with E-state index in [9.17, 15) is 14.4 Å². The second-order valence-corrected chi connectivity index (χ2v) is 10.0. The summed E-state index contributed by atoms with van der Waals surface area (Å²) in [6, 6.07) is 12.7. The topological polar surface area (TPSA) is 107 Å². The minimum atomic E-state index is -0.564. The van der Waals surface area contributed by atoms with E-state index in [1.807, 2.05) is 24.3 Å². The minimum absolute atomic E-state index is 0.0623. The molecule has 0 heterocycles. The van der Waals surface area contributed by atoms with E-state index in [0.717, 1.165) is 29.5 Å². The fourth-order valence-corrected chi connectivity index (χ4v) is 4.63. The maximum absolute atomic E-state index is 12.7. The second-order valence-electron chi connectivity index (χ2n) is 10.0. The first kappa shape index (κ1) is 32.5. The second kappa shape index (κ2) is 15.8. The largest absolute Gasteiger partial charge is 0.459 e. The molecule has 0 spiro atoms. The Labute approximate surface area is 246 Å². The van der Waals surface area contributed by atoms with Gasteiger partial charge in [-0.15, -0.1) is 0 Å². The molecule has 42 heavy (non-hydrogen) atoms. The third-order valence-electron chi connectivity index (χ3n) is 6.82. The van der Waals surface area contributed by atoms with Crippen molar-refractivity contribution < 1.29 is 42.8 Å². The Morgan fingerprint density at radius 3 is 1.71 bits per heavy atom. The van der Waals surface area contributed by atoms with Gasteiger partial charge < -0.3 is 28.4 Å². The molecule has 0 atom stereocenters. The molecule has 0 N–H and O–H groups in total. The molecule has 0 radical (unpaired) electrons. The van der Waals surface area contributed by atoms with Gasteiger partial charge in [0.1, 0.15) is 17.6 Å². The van der Waals surface area contributed by atoms with Crippen LogP contribution in [-0.4, -0.2) is 65.2 Å². The molecule has 9 heteroatoms. The smallest absolute Gasteiger partial charge is 0.341 e. The molecule has 0 bridgehead atoms. The summed E-state index contributed by atoms with van der Waals surface area (Å²) in [6.45, 7) is 11.4. The number of benzene rings is 2. The molecule has 0 aromatic heterocycles. The normalized spacial score (nSPS) is 16.3. The molecule has 0 amide bonds. The van der Waals surface area contributed by atoms with Crippen LogP contribution >= 0.6 is 0 Å². The highest BCUT2D eigenvalue weighted by atomic mass is 16.6. The van der Waals surface area contributed by atoms with E-state index in [2.05, 4.69) is 19.7 Å². The van der Waals surface area contributed by atoms with Crippen molar-refractivity contribution in [3.05, 3.63) is 84.5 Å². The standard InChI is InChI=1S/C33H38O9/c1-21(18-37-4)31(34)40-27-12-7-24(8-13-27)26-11-16-30(42-33(36)23(3)20-39-6)29(17-26)25-9-14-28(15-10-25)41-32(35)22(2)19-38-5/h7-8,11-13,16-17,25,28H,1-3,9-10,14-15,18-20H2,4-6H3. The van der Waals surface area contributed by atoms with Crippen molar-refractivity contribution in [2.75, 3.05) is 41.2 Å². The van der Waals surface area contributed by atoms with Gasteiger partial charge in [-0.05, 0) is 72.6 Å². The number of hydrogen-bond acceptors (Lipinski definition) is 9. The Bertz CT molecular complexity index is 1300. The van der Waals surface area contributed by atoms with Gasteiger partial charge in [0.2, 0.25) is 0 Å². The maximum atomic E-state index is 12.7. The van der Waals surface area contributed by atoms with E-state index < -0.39 is 17.9 Å².